The van der Waals surface area contributed by atoms with Gasteiger partial charge in [-0.2, -0.15) is 0 Å². The minimum atomic E-state index is -0.0862. The molecule has 5 heteroatoms. The van der Waals surface area contributed by atoms with Gasteiger partial charge < -0.3 is 15.5 Å². The Labute approximate surface area is 107 Å². The van der Waals surface area contributed by atoms with E-state index in [-0.39, 0.29) is 5.91 Å². The van der Waals surface area contributed by atoms with E-state index in [0.717, 1.165) is 13.1 Å². The number of hydrogen-bond donors (Lipinski definition) is 2. The highest BCUT2D eigenvalue weighted by atomic mass is 35.5. The lowest BCUT2D eigenvalue weighted by atomic mass is 10.3. The molecule has 1 aromatic rings. The maximum Gasteiger partial charge on any atom is 0.238 e. The zero-order valence-electron chi connectivity index (χ0n) is 10.2. The van der Waals surface area contributed by atoms with Crippen LogP contribution in [-0.4, -0.2) is 44.5 Å². The molecule has 0 saturated heterocycles. The average Bonchev–Trinajstić information content (AvgIpc) is 2.27. The van der Waals surface area contributed by atoms with Gasteiger partial charge in [-0.1, -0.05) is 23.7 Å². The quantitative estimate of drug-likeness (QED) is 0.756. The Hall–Kier alpha value is -1.10. The molecular weight excluding hydrogens is 238 g/mol. The molecule has 1 aromatic carbocycles. The second kappa shape index (κ2) is 7.27. The molecule has 0 aromatic heterocycles. The van der Waals surface area contributed by atoms with Gasteiger partial charge in [0.05, 0.1) is 17.3 Å². The number of nitrogens with zero attached hydrogens (tertiary/aromatic N) is 1. The summed E-state index contributed by atoms with van der Waals surface area (Å²) < 4.78 is 0. The summed E-state index contributed by atoms with van der Waals surface area (Å²) in [4.78, 5) is 13.6. The summed E-state index contributed by atoms with van der Waals surface area (Å²) in [5, 5.41) is 6.36. The van der Waals surface area contributed by atoms with E-state index in [1.807, 2.05) is 26.2 Å². The highest BCUT2D eigenvalue weighted by Crippen LogP contribution is 2.19. The fourth-order valence-electron chi connectivity index (χ4n) is 1.26. The van der Waals surface area contributed by atoms with Crippen molar-refractivity contribution in [3.05, 3.63) is 29.3 Å². The van der Waals surface area contributed by atoms with E-state index in [4.69, 9.17) is 11.6 Å². The number of benzene rings is 1. The number of para-hydroxylation sites is 1. The normalized spacial score (nSPS) is 10.6. The first-order valence-corrected chi connectivity index (χ1v) is 5.87. The Balaban J connectivity index is 2.28. The number of rotatable bonds is 6. The monoisotopic (exact) mass is 255 g/mol. The first-order chi connectivity index (χ1) is 8.09. The summed E-state index contributed by atoms with van der Waals surface area (Å²) in [6.45, 7) is 1.97. The molecule has 0 fully saturated rings. The van der Waals surface area contributed by atoms with E-state index >= 15 is 0 Å². The largest absolute Gasteiger partial charge is 0.324 e. The number of halogens is 1. The van der Waals surface area contributed by atoms with Crippen LogP contribution in [0.2, 0.25) is 5.02 Å². The van der Waals surface area contributed by atoms with Crippen LogP contribution in [0, 0.1) is 0 Å². The molecule has 0 aliphatic carbocycles. The maximum absolute atomic E-state index is 11.6. The van der Waals surface area contributed by atoms with Crippen molar-refractivity contribution in [2.75, 3.05) is 39.0 Å². The van der Waals surface area contributed by atoms with Crippen LogP contribution in [0.3, 0.4) is 0 Å². The highest BCUT2D eigenvalue weighted by molar-refractivity contribution is 6.33. The first-order valence-electron chi connectivity index (χ1n) is 5.49. The molecular formula is C12H18ClN3O. The van der Waals surface area contributed by atoms with Crippen LogP contribution in [0.5, 0.6) is 0 Å². The molecule has 0 aliphatic rings. The first kappa shape index (κ1) is 14.0. The number of nitrogens with one attached hydrogen (secondary N) is 2. The molecule has 0 radical (unpaired) electrons. The van der Waals surface area contributed by atoms with Gasteiger partial charge in [0.15, 0.2) is 0 Å². The number of anilines is 1. The molecule has 0 heterocycles. The van der Waals surface area contributed by atoms with Crippen molar-refractivity contribution in [3.63, 3.8) is 0 Å². The van der Waals surface area contributed by atoms with Gasteiger partial charge in [-0.15, -0.1) is 0 Å². The van der Waals surface area contributed by atoms with Crippen molar-refractivity contribution < 1.29 is 4.79 Å². The van der Waals surface area contributed by atoms with Crippen molar-refractivity contribution >= 4 is 23.2 Å². The number of carbonyl (C=O) groups excluding carboxylic acids is 1. The van der Waals surface area contributed by atoms with Crippen LogP contribution in [0.4, 0.5) is 5.69 Å². The van der Waals surface area contributed by atoms with Gasteiger partial charge in [0, 0.05) is 13.1 Å². The number of likely N-dealkylation sites (N-methyl/N-ethyl adjacent to an activating group) is 1. The topological polar surface area (TPSA) is 44.4 Å². The molecule has 0 spiro atoms. The third-order valence-corrected chi connectivity index (χ3v) is 2.50. The third-order valence-electron chi connectivity index (χ3n) is 2.17. The van der Waals surface area contributed by atoms with Crippen LogP contribution < -0.4 is 10.6 Å². The van der Waals surface area contributed by atoms with E-state index in [9.17, 15) is 4.79 Å². The van der Waals surface area contributed by atoms with Crippen LogP contribution in [0.25, 0.3) is 0 Å². The minimum Gasteiger partial charge on any atom is -0.324 e. The molecule has 0 aliphatic heterocycles. The summed E-state index contributed by atoms with van der Waals surface area (Å²) in [5.41, 5.74) is 0.647. The summed E-state index contributed by atoms with van der Waals surface area (Å²) in [6, 6.07) is 7.19. The van der Waals surface area contributed by atoms with Gasteiger partial charge in [0.1, 0.15) is 0 Å². The lowest BCUT2D eigenvalue weighted by molar-refractivity contribution is -0.115. The lowest BCUT2D eigenvalue weighted by Crippen LogP contribution is -2.33. The fraction of sp³-hybridized carbons (Fsp3) is 0.417. The zero-order valence-corrected chi connectivity index (χ0v) is 10.9. The number of carbonyl (C=O) groups is 1. The molecule has 2 N–H and O–H groups in total. The van der Waals surface area contributed by atoms with Crippen LogP contribution >= 0.6 is 11.6 Å². The lowest BCUT2D eigenvalue weighted by Gasteiger charge is -2.11. The standard InChI is InChI=1S/C12H18ClN3O/c1-16(2)8-7-14-9-12(17)15-11-6-4-3-5-10(11)13/h3-6,14H,7-9H2,1-2H3,(H,15,17). The number of hydrogen-bond acceptors (Lipinski definition) is 3. The fourth-order valence-corrected chi connectivity index (χ4v) is 1.44. The van der Waals surface area contributed by atoms with Crippen molar-refractivity contribution in [2.24, 2.45) is 0 Å². The molecule has 1 rings (SSSR count). The van der Waals surface area contributed by atoms with Gasteiger partial charge in [-0.3, -0.25) is 4.79 Å². The Bertz CT molecular complexity index is 369. The van der Waals surface area contributed by atoms with Crippen molar-refractivity contribution in [3.8, 4) is 0 Å². The summed E-state index contributed by atoms with van der Waals surface area (Å²) in [7, 11) is 3.98. The number of amides is 1. The summed E-state index contributed by atoms with van der Waals surface area (Å²) in [5.74, 6) is -0.0862. The smallest absolute Gasteiger partial charge is 0.238 e. The molecule has 94 valence electrons. The van der Waals surface area contributed by atoms with Crippen molar-refractivity contribution in [2.45, 2.75) is 0 Å². The van der Waals surface area contributed by atoms with Crippen LogP contribution in [0.1, 0.15) is 0 Å². The van der Waals surface area contributed by atoms with Crippen LogP contribution in [0.15, 0.2) is 24.3 Å². The highest BCUT2D eigenvalue weighted by Gasteiger charge is 2.04. The van der Waals surface area contributed by atoms with Gasteiger partial charge >= 0.3 is 0 Å². The van der Waals surface area contributed by atoms with Gasteiger partial charge in [0.25, 0.3) is 0 Å². The Morgan fingerprint density at radius 3 is 2.71 bits per heavy atom. The molecule has 0 bridgehead atoms. The molecule has 4 nitrogen and oxygen atoms in total. The molecule has 0 unspecified atom stereocenters. The van der Waals surface area contributed by atoms with Gasteiger partial charge in [-0.05, 0) is 26.2 Å². The molecule has 0 atom stereocenters. The predicted molar refractivity (Wildman–Crippen MR) is 71.5 cm³/mol. The SMILES string of the molecule is CN(C)CCNCC(=O)Nc1ccccc1Cl. The summed E-state index contributed by atoms with van der Waals surface area (Å²) in [6.07, 6.45) is 0. The van der Waals surface area contributed by atoms with Gasteiger partial charge in [-0.25, -0.2) is 0 Å². The molecule has 0 saturated carbocycles. The van der Waals surface area contributed by atoms with E-state index in [0.29, 0.717) is 17.3 Å². The van der Waals surface area contributed by atoms with E-state index in [1.165, 1.54) is 0 Å². The second-order valence-corrected chi connectivity index (χ2v) is 4.42. The maximum atomic E-state index is 11.6. The third kappa shape index (κ3) is 5.68. The average molecular weight is 256 g/mol. The second-order valence-electron chi connectivity index (χ2n) is 4.01. The van der Waals surface area contributed by atoms with Crippen molar-refractivity contribution in [1.29, 1.82) is 0 Å². The van der Waals surface area contributed by atoms with Gasteiger partial charge in [0.2, 0.25) is 5.91 Å². The Morgan fingerprint density at radius 2 is 2.06 bits per heavy atom. The van der Waals surface area contributed by atoms with Crippen LogP contribution in [-0.2, 0) is 4.79 Å². The van der Waals surface area contributed by atoms with Crippen molar-refractivity contribution in [1.82, 2.24) is 10.2 Å². The predicted octanol–water partition coefficient (Wildman–Crippen LogP) is 1.43. The molecule has 17 heavy (non-hydrogen) atoms. The minimum absolute atomic E-state index is 0.0862. The zero-order chi connectivity index (χ0) is 12.7. The molecule has 1 amide bonds. The Kier molecular flexibility index (Phi) is 5.97. The van der Waals surface area contributed by atoms with E-state index in [1.54, 1.807) is 12.1 Å². The van der Waals surface area contributed by atoms with E-state index < -0.39 is 0 Å². The Morgan fingerprint density at radius 1 is 1.35 bits per heavy atom. The van der Waals surface area contributed by atoms with E-state index in [2.05, 4.69) is 15.5 Å². The summed E-state index contributed by atoms with van der Waals surface area (Å²) >= 11 is 5.93.